The molecule has 0 saturated carbocycles. The van der Waals surface area contributed by atoms with Crippen molar-refractivity contribution < 1.29 is 14.6 Å². The molecule has 18 heavy (non-hydrogen) atoms. The van der Waals surface area contributed by atoms with E-state index in [2.05, 4.69) is 0 Å². The van der Waals surface area contributed by atoms with Gasteiger partial charge in [-0.3, -0.25) is 4.79 Å². The SMILES string of the molecule is COc1c(C)c(C)c(CCCC(=O)O)c(C)c1Cl. The van der Waals surface area contributed by atoms with Crippen LogP contribution in [0.5, 0.6) is 5.75 Å². The molecule has 0 atom stereocenters. The van der Waals surface area contributed by atoms with E-state index in [4.69, 9.17) is 21.4 Å². The molecule has 0 spiro atoms. The Morgan fingerprint density at radius 2 is 1.83 bits per heavy atom. The van der Waals surface area contributed by atoms with Gasteiger partial charge in [0, 0.05) is 6.42 Å². The molecule has 1 aromatic carbocycles. The van der Waals surface area contributed by atoms with Gasteiger partial charge in [-0.05, 0) is 55.9 Å². The van der Waals surface area contributed by atoms with Crippen LogP contribution in [-0.4, -0.2) is 18.2 Å². The zero-order valence-electron chi connectivity index (χ0n) is 11.3. The van der Waals surface area contributed by atoms with E-state index in [-0.39, 0.29) is 6.42 Å². The Labute approximate surface area is 113 Å². The quantitative estimate of drug-likeness (QED) is 0.888. The van der Waals surface area contributed by atoms with Crippen molar-refractivity contribution in [2.75, 3.05) is 7.11 Å². The van der Waals surface area contributed by atoms with Gasteiger partial charge >= 0.3 is 5.97 Å². The summed E-state index contributed by atoms with van der Waals surface area (Å²) in [6.07, 6.45) is 1.54. The molecule has 100 valence electrons. The number of rotatable bonds is 5. The third-order valence-electron chi connectivity index (χ3n) is 3.36. The van der Waals surface area contributed by atoms with E-state index in [0.717, 1.165) is 28.7 Å². The van der Waals surface area contributed by atoms with Crippen LogP contribution in [0.4, 0.5) is 0 Å². The van der Waals surface area contributed by atoms with E-state index in [1.165, 1.54) is 0 Å². The van der Waals surface area contributed by atoms with Crippen molar-refractivity contribution in [3.05, 3.63) is 27.3 Å². The first-order valence-corrected chi connectivity index (χ1v) is 6.31. The number of aliphatic carboxylic acids is 1. The average molecular weight is 271 g/mol. The Bertz CT molecular complexity index is 438. The minimum Gasteiger partial charge on any atom is -0.495 e. The van der Waals surface area contributed by atoms with Crippen LogP contribution in [0.25, 0.3) is 0 Å². The lowest BCUT2D eigenvalue weighted by atomic mass is 9.93. The van der Waals surface area contributed by atoms with Gasteiger partial charge in [-0.25, -0.2) is 0 Å². The van der Waals surface area contributed by atoms with E-state index in [1.807, 2.05) is 20.8 Å². The van der Waals surface area contributed by atoms with Crippen molar-refractivity contribution in [3.63, 3.8) is 0 Å². The zero-order valence-corrected chi connectivity index (χ0v) is 12.0. The van der Waals surface area contributed by atoms with E-state index in [9.17, 15) is 4.79 Å². The fraction of sp³-hybridized carbons (Fsp3) is 0.500. The lowest BCUT2D eigenvalue weighted by molar-refractivity contribution is -0.137. The van der Waals surface area contributed by atoms with Crippen LogP contribution in [0.15, 0.2) is 0 Å². The van der Waals surface area contributed by atoms with Gasteiger partial charge in [0.05, 0.1) is 12.1 Å². The minimum atomic E-state index is -0.762. The molecule has 4 heteroatoms. The van der Waals surface area contributed by atoms with Crippen LogP contribution in [0, 0.1) is 20.8 Å². The van der Waals surface area contributed by atoms with Crippen molar-refractivity contribution in [2.45, 2.75) is 40.0 Å². The summed E-state index contributed by atoms with van der Waals surface area (Å²) >= 11 is 6.28. The summed E-state index contributed by atoms with van der Waals surface area (Å²) in [5, 5.41) is 9.31. The summed E-state index contributed by atoms with van der Waals surface area (Å²) in [6.45, 7) is 5.95. The number of halogens is 1. The highest BCUT2D eigenvalue weighted by atomic mass is 35.5. The summed E-state index contributed by atoms with van der Waals surface area (Å²) in [5.41, 5.74) is 4.29. The Morgan fingerprint density at radius 1 is 1.22 bits per heavy atom. The van der Waals surface area contributed by atoms with E-state index in [1.54, 1.807) is 7.11 Å². The normalized spacial score (nSPS) is 10.5. The lowest BCUT2D eigenvalue weighted by Gasteiger charge is -2.18. The molecular weight excluding hydrogens is 252 g/mol. The molecule has 0 aliphatic rings. The maximum Gasteiger partial charge on any atom is 0.303 e. The number of ether oxygens (including phenoxy) is 1. The first-order valence-electron chi connectivity index (χ1n) is 5.94. The van der Waals surface area contributed by atoms with Crippen LogP contribution in [0.1, 0.15) is 35.1 Å². The van der Waals surface area contributed by atoms with Crippen molar-refractivity contribution >= 4 is 17.6 Å². The maximum atomic E-state index is 10.5. The minimum absolute atomic E-state index is 0.182. The number of benzene rings is 1. The zero-order chi connectivity index (χ0) is 13.9. The van der Waals surface area contributed by atoms with Gasteiger partial charge in [0.15, 0.2) is 0 Å². The second-order valence-corrected chi connectivity index (χ2v) is 4.83. The van der Waals surface area contributed by atoms with Gasteiger partial charge in [0.1, 0.15) is 5.75 Å². The van der Waals surface area contributed by atoms with E-state index in [0.29, 0.717) is 17.2 Å². The highest BCUT2D eigenvalue weighted by Gasteiger charge is 2.16. The molecular formula is C14H19ClO3. The molecule has 1 aromatic rings. The maximum absolute atomic E-state index is 10.5. The monoisotopic (exact) mass is 270 g/mol. The Balaban J connectivity index is 3.09. The number of hydrogen-bond donors (Lipinski definition) is 1. The van der Waals surface area contributed by atoms with Crippen LogP contribution in [0.2, 0.25) is 5.02 Å². The Hall–Kier alpha value is -1.22. The van der Waals surface area contributed by atoms with E-state index < -0.39 is 5.97 Å². The molecule has 0 radical (unpaired) electrons. The number of hydrogen-bond acceptors (Lipinski definition) is 2. The second-order valence-electron chi connectivity index (χ2n) is 4.45. The lowest BCUT2D eigenvalue weighted by Crippen LogP contribution is -2.03. The summed E-state index contributed by atoms with van der Waals surface area (Å²) in [4.78, 5) is 10.5. The number of carboxylic acids is 1. The van der Waals surface area contributed by atoms with Gasteiger partial charge in [0.25, 0.3) is 0 Å². The summed E-state index contributed by atoms with van der Waals surface area (Å²) in [6, 6.07) is 0. The second kappa shape index (κ2) is 6.10. The molecule has 0 amide bonds. The van der Waals surface area contributed by atoms with Gasteiger partial charge in [-0.15, -0.1) is 0 Å². The largest absolute Gasteiger partial charge is 0.495 e. The smallest absolute Gasteiger partial charge is 0.303 e. The molecule has 0 bridgehead atoms. The molecule has 0 saturated heterocycles. The topological polar surface area (TPSA) is 46.5 Å². The van der Waals surface area contributed by atoms with Crippen molar-refractivity contribution in [1.82, 2.24) is 0 Å². The van der Waals surface area contributed by atoms with Gasteiger partial charge < -0.3 is 9.84 Å². The molecule has 0 unspecified atom stereocenters. The van der Waals surface area contributed by atoms with Crippen LogP contribution >= 0.6 is 11.6 Å². The molecule has 1 N–H and O–H groups in total. The Morgan fingerprint density at radius 3 is 2.33 bits per heavy atom. The average Bonchev–Trinajstić information content (AvgIpc) is 2.31. The molecule has 0 fully saturated rings. The standard InChI is InChI=1S/C14H19ClO3/c1-8-9(2)14(18-4)13(15)10(3)11(8)6-5-7-12(16)17/h5-7H2,1-4H3,(H,16,17). The third-order valence-corrected chi connectivity index (χ3v) is 3.81. The Kier molecular flexibility index (Phi) is 5.03. The molecule has 0 aromatic heterocycles. The number of carboxylic acid groups (broad SMARTS) is 1. The van der Waals surface area contributed by atoms with Gasteiger partial charge in [-0.2, -0.15) is 0 Å². The first-order chi connectivity index (χ1) is 8.40. The molecule has 0 aliphatic carbocycles. The van der Waals surface area contributed by atoms with Crippen LogP contribution in [0.3, 0.4) is 0 Å². The van der Waals surface area contributed by atoms with Gasteiger partial charge in [0.2, 0.25) is 0 Å². The highest BCUT2D eigenvalue weighted by Crippen LogP contribution is 2.37. The predicted octanol–water partition coefficient (Wildman–Crippen LogP) is 3.68. The summed E-state index contributed by atoms with van der Waals surface area (Å²) in [5.74, 6) is -0.0460. The van der Waals surface area contributed by atoms with Crippen molar-refractivity contribution in [2.24, 2.45) is 0 Å². The first kappa shape index (κ1) is 14.8. The number of carbonyl (C=O) groups is 1. The number of methoxy groups -OCH3 is 1. The van der Waals surface area contributed by atoms with Crippen LogP contribution < -0.4 is 4.74 Å². The molecule has 0 aliphatic heterocycles. The highest BCUT2D eigenvalue weighted by molar-refractivity contribution is 6.33. The summed E-state index contributed by atoms with van der Waals surface area (Å²) in [7, 11) is 1.61. The van der Waals surface area contributed by atoms with Crippen molar-refractivity contribution in [3.8, 4) is 5.75 Å². The molecule has 0 heterocycles. The fourth-order valence-electron chi connectivity index (χ4n) is 2.18. The molecule has 3 nitrogen and oxygen atoms in total. The molecule has 1 rings (SSSR count). The van der Waals surface area contributed by atoms with E-state index >= 15 is 0 Å². The van der Waals surface area contributed by atoms with Crippen molar-refractivity contribution in [1.29, 1.82) is 0 Å². The predicted molar refractivity (Wildman–Crippen MR) is 72.8 cm³/mol. The fourth-order valence-corrected chi connectivity index (χ4v) is 2.51. The van der Waals surface area contributed by atoms with Crippen LogP contribution in [-0.2, 0) is 11.2 Å². The summed E-state index contributed by atoms with van der Waals surface area (Å²) < 4.78 is 5.31. The van der Waals surface area contributed by atoms with Gasteiger partial charge in [-0.1, -0.05) is 11.6 Å². The third kappa shape index (κ3) is 2.96.